The molecule has 0 aliphatic carbocycles. The standard InChI is InChI=1S/C26H27Cl2N5O2S/c1-16(5-6-17(2)27)19(4)32-18(3)15-36-26-23(14-30)24(22(13-29)25(28)33-26)20-7-9-21(10-8-20)35-12-11-31-34/h5-10,13-14,26,30H,1-3,11-12,15,29H2,4H3/b6-5-,22-13?,30-14?,32-19?. The molecule has 0 spiro atoms. The quantitative estimate of drug-likeness (QED) is 0.126. The number of allylic oxidation sites excluding steroid dienone is 6. The van der Waals surface area contributed by atoms with Crippen LogP contribution in [0.1, 0.15) is 12.5 Å². The van der Waals surface area contributed by atoms with E-state index in [0.29, 0.717) is 50.2 Å². The summed E-state index contributed by atoms with van der Waals surface area (Å²) in [4.78, 5) is 19.3. The van der Waals surface area contributed by atoms with E-state index >= 15 is 0 Å². The van der Waals surface area contributed by atoms with Gasteiger partial charge in [0.1, 0.15) is 29.4 Å². The van der Waals surface area contributed by atoms with Crippen molar-refractivity contribution in [1.82, 2.24) is 0 Å². The monoisotopic (exact) mass is 543 g/mol. The zero-order valence-corrected chi connectivity index (χ0v) is 22.2. The fourth-order valence-corrected chi connectivity index (χ4v) is 4.45. The van der Waals surface area contributed by atoms with Crippen molar-refractivity contribution in [2.45, 2.75) is 12.3 Å². The first-order valence-corrected chi connectivity index (χ1v) is 12.5. The van der Waals surface area contributed by atoms with Crippen LogP contribution in [-0.4, -0.2) is 41.4 Å². The molecule has 36 heavy (non-hydrogen) atoms. The molecule has 1 unspecified atom stereocenters. The molecule has 2 rings (SSSR count). The Morgan fingerprint density at radius 1 is 1.28 bits per heavy atom. The maximum absolute atomic E-state index is 10.3. The number of hydrogen-bond acceptors (Lipinski definition) is 8. The number of nitrogens with one attached hydrogen (secondary N) is 1. The number of nitrogens with two attached hydrogens (primary N) is 1. The van der Waals surface area contributed by atoms with Gasteiger partial charge in [-0.15, -0.1) is 11.8 Å². The lowest BCUT2D eigenvalue weighted by Gasteiger charge is -2.25. The fourth-order valence-electron chi connectivity index (χ4n) is 3.12. The Hall–Kier alpha value is -3.20. The van der Waals surface area contributed by atoms with Crippen molar-refractivity contribution in [3.63, 3.8) is 0 Å². The first-order chi connectivity index (χ1) is 17.2. The van der Waals surface area contributed by atoms with Gasteiger partial charge in [0.2, 0.25) is 0 Å². The highest BCUT2D eigenvalue weighted by Crippen LogP contribution is 2.38. The van der Waals surface area contributed by atoms with Gasteiger partial charge in [-0.3, -0.25) is 9.98 Å². The van der Waals surface area contributed by atoms with Gasteiger partial charge >= 0.3 is 0 Å². The summed E-state index contributed by atoms with van der Waals surface area (Å²) in [6.07, 6.45) is 6.02. The summed E-state index contributed by atoms with van der Waals surface area (Å²) in [5.74, 6) is 1.04. The van der Waals surface area contributed by atoms with E-state index in [-0.39, 0.29) is 18.3 Å². The van der Waals surface area contributed by atoms with Crippen LogP contribution < -0.4 is 10.5 Å². The van der Waals surface area contributed by atoms with Crippen LogP contribution in [0.15, 0.2) is 105 Å². The van der Waals surface area contributed by atoms with Crippen molar-refractivity contribution in [3.05, 3.63) is 100 Å². The Morgan fingerprint density at radius 3 is 2.56 bits per heavy atom. The molecule has 0 bridgehead atoms. The van der Waals surface area contributed by atoms with Crippen LogP contribution >= 0.6 is 35.0 Å². The predicted molar refractivity (Wildman–Crippen MR) is 156 cm³/mol. The lowest BCUT2D eigenvalue weighted by Crippen LogP contribution is -2.19. The number of ether oxygens (including phenoxy) is 1. The lowest BCUT2D eigenvalue weighted by atomic mass is 9.92. The van der Waals surface area contributed by atoms with Crippen molar-refractivity contribution in [2.24, 2.45) is 20.9 Å². The predicted octanol–water partition coefficient (Wildman–Crippen LogP) is 6.63. The zero-order chi connectivity index (χ0) is 26.7. The molecular weight excluding hydrogens is 517 g/mol. The van der Waals surface area contributed by atoms with E-state index in [2.05, 4.69) is 34.9 Å². The van der Waals surface area contributed by atoms with Crippen LogP contribution in [0, 0.1) is 10.3 Å². The summed E-state index contributed by atoms with van der Waals surface area (Å²) in [5, 5.41) is 11.1. The zero-order valence-electron chi connectivity index (χ0n) is 19.8. The Labute approximate surface area is 225 Å². The molecular formula is C26H27Cl2N5O2S. The molecule has 0 fully saturated rings. The number of rotatable bonds is 13. The van der Waals surface area contributed by atoms with E-state index in [1.807, 2.05) is 19.1 Å². The summed E-state index contributed by atoms with van der Waals surface area (Å²) in [6.45, 7) is 13.7. The van der Waals surface area contributed by atoms with Crippen LogP contribution in [0.2, 0.25) is 0 Å². The van der Waals surface area contributed by atoms with Gasteiger partial charge in [-0.25, -0.2) is 0 Å². The van der Waals surface area contributed by atoms with E-state index < -0.39 is 5.37 Å². The molecule has 0 saturated heterocycles. The molecule has 0 saturated carbocycles. The Balaban J connectivity index is 2.26. The summed E-state index contributed by atoms with van der Waals surface area (Å²) >= 11 is 13.7. The smallest absolute Gasteiger partial charge is 0.134 e. The first-order valence-electron chi connectivity index (χ1n) is 10.7. The van der Waals surface area contributed by atoms with Gasteiger partial charge in [-0.05, 0) is 36.3 Å². The summed E-state index contributed by atoms with van der Waals surface area (Å²) in [5.41, 5.74) is 10.5. The number of aliphatic imine (C=N–C) groups is 2. The minimum absolute atomic E-state index is 0.0682. The Morgan fingerprint density at radius 2 is 1.97 bits per heavy atom. The van der Waals surface area contributed by atoms with Crippen LogP contribution in [0.5, 0.6) is 5.75 Å². The summed E-state index contributed by atoms with van der Waals surface area (Å²) < 4.78 is 5.49. The minimum atomic E-state index is -0.460. The normalized spacial score (nSPS) is 17.2. The highest BCUT2D eigenvalue weighted by Gasteiger charge is 2.28. The summed E-state index contributed by atoms with van der Waals surface area (Å²) in [6, 6.07) is 7.21. The first kappa shape index (κ1) is 29.0. The van der Waals surface area contributed by atoms with Crippen molar-refractivity contribution in [1.29, 1.82) is 5.41 Å². The molecule has 0 amide bonds. The molecule has 3 N–H and O–H groups in total. The average molecular weight is 545 g/mol. The van der Waals surface area contributed by atoms with E-state index in [4.69, 9.17) is 39.1 Å². The molecule has 0 aromatic heterocycles. The molecule has 7 nitrogen and oxygen atoms in total. The largest absolute Gasteiger partial charge is 0.492 e. The molecule has 1 atom stereocenters. The van der Waals surface area contributed by atoms with Crippen LogP contribution in [0.3, 0.4) is 0 Å². The molecule has 10 heteroatoms. The maximum Gasteiger partial charge on any atom is 0.134 e. The van der Waals surface area contributed by atoms with E-state index in [1.165, 1.54) is 24.2 Å². The fraction of sp³-hybridized carbons (Fsp3) is 0.192. The molecule has 1 aliphatic rings. The Kier molecular flexibility index (Phi) is 11.6. The molecule has 0 radical (unpaired) electrons. The van der Waals surface area contributed by atoms with Crippen LogP contribution in [0.25, 0.3) is 5.57 Å². The number of benzene rings is 1. The van der Waals surface area contributed by atoms with Crippen LogP contribution in [0.4, 0.5) is 0 Å². The third kappa shape index (κ3) is 8.19. The second-order valence-electron chi connectivity index (χ2n) is 7.43. The number of halogens is 2. The van der Waals surface area contributed by atoms with Gasteiger partial charge in [0.25, 0.3) is 0 Å². The minimum Gasteiger partial charge on any atom is -0.492 e. The van der Waals surface area contributed by atoms with Gasteiger partial charge in [-0.2, -0.15) is 4.91 Å². The second-order valence-corrected chi connectivity index (χ2v) is 9.34. The van der Waals surface area contributed by atoms with E-state index in [9.17, 15) is 4.91 Å². The molecule has 188 valence electrons. The van der Waals surface area contributed by atoms with Crippen molar-refractivity contribution in [2.75, 3.05) is 18.9 Å². The van der Waals surface area contributed by atoms with Gasteiger partial charge in [0, 0.05) is 51.3 Å². The van der Waals surface area contributed by atoms with Gasteiger partial charge < -0.3 is 15.9 Å². The van der Waals surface area contributed by atoms with Gasteiger partial charge in [0.15, 0.2) is 0 Å². The lowest BCUT2D eigenvalue weighted by molar-refractivity contribution is 0.328. The topological polar surface area (TPSA) is 113 Å². The number of nitrogens with zero attached hydrogens (tertiary/aromatic N) is 3. The molecule has 1 aromatic carbocycles. The van der Waals surface area contributed by atoms with E-state index in [1.54, 1.807) is 24.3 Å². The van der Waals surface area contributed by atoms with Crippen LogP contribution in [-0.2, 0) is 0 Å². The number of dihydropyridines is 1. The highest BCUT2D eigenvalue weighted by molar-refractivity contribution is 8.00. The third-order valence-electron chi connectivity index (χ3n) is 4.86. The number of thioether (sulfide) groups is 1. The van der Waals surface area contributed by atoms with Gasteiger partial charge in [-0.1, -0.05) is 66.3 Å². The Bertz CT molecular complexity index is 1200. The van der Waals surface area contributed by atoms with Gasteiger partial charge in [0.05, 0.1) is 0 Å². The number of nitroso groups, excluding NO2 is 1. The summed E-state index contributed by atoms with van der Waals surface area (Å²) in [7, 11) is 0. The van der Waals surface area contributed by atoms with Crippen molar-refractivity contribution < 1.29 is 4.74 Å². The maximum atomic E-state index is 10.3. The molecule has 1 aromatic rings. The SMILES string of the molecule is C=C(Cl)/C=C\C(=C)C(C)=NC(=C)CSC1N=C(Cl)C(=CN)C(c2ccc(OCCN=O)cc2)=C1C=N. The average Bonchev–Trinajstić information content (AvgIpc) is 2.86. The van der Waals surface area contributed by atoms with E-state index in [0.717, 1.165) is 5.56 Å². The third-order valence-corrected chi connectivity index (χ3v) is 6.46. The highest BCUT2D eigenvalue weighted by atomic mass is 35.5. The van der Waals surface area contributed by atoms with Crippen molar-refractivity contribution in [3.8, 4) is 5.75 Å². The second kappa shape index (κ2) is 14.4. The van der Waals surface area contributed by atoms with Crippen molar-refractivity contribution >= 4 is 57.6 Å². The molecule has 1 heterocycles. The molecule has 1 aliphatic heterocycles. The number of hydrogen-bond donors (Lipinski definition) is 2.